The summed E-state index contributed by atoms with van der Waals surface area (Å²) in [6, 6.07) is 3.37. The molecule has 82 valence electrons. The van der Waals surface area contributed by atoms with Gasteiger partial charge in [-0.15, -0.1) is 0 Å². The lowest BCUT2D eigenvalue weighted by molar-refractivity contribution is 0.0696. The van der Waals surface area contributed by atoms with Crippen molar-refractivity contribution < 1.29 is 9.90 Å². The average Bonchev–Trinajstić information content (AvgIpc) is 2.74. The molecule has 2 rings (SSSR count). The number of aromatic nitrogens is 3. The van der Waals surface area contributed by atoms with Crippen molar-refractivity contribution in [1.82, 2.24) is 14.5 Å². The van der Waals surface area contributed by atoms with Gasteiger partial charge in [0.15, 0.2) is 0 Å². The lowest BCUT2D eigenvalue weighted by Crippen LogP contribution is -2.22. The van der Waals surface area contributed by atoms with Gasteiger partial charge < -0.3 is 14.7 Å². The Hall–Kier alpha value is -2.37. The van der Waals surface area contributed by atoms with Crippen molar-refractivity contribution in [1.29, 1.82) is 0 Å². The van der Waals surface area contributed by atoms with Crippen LogP contribution in [0.25, 0.3) is 11.4 Å². The van der Waals surface area contributed by atoms with Crippen molar-refractivity contribution in [3.8, 4) is 11.4 Å². The second-order valence-electron chi connectivity index (χ2n) is 3.29. The van der Waals surface area contributed by atoms with Gasteiger partial charge >= 0.3 is 11.7 Å². The zero-order valence-corrected chi connectivity index (χ0v) is 8.47. The molecule has 0 aliphatic heterocycles. The zero-order chi connectivity index (χ0) is 11.7. The van der Waals surface area contributed by atoms with Gasteiger partial charge in [0.25, 0.3) is 0 Å². The molecule has 6 nitrogen and oxygen atoms in total. The number of nitrogens with zero attached hydrogens (tertiary/aromatic N) is 2. The van der Waals surface area contributed by atoms with Crippen molar-refractivity contribution in [3.63, 3.8) is 0 Å². The Balaban J connectivity index is 2.73. The lowest BCUT2D eigenvalue weighted by atomic mass is 10.2. The molecular weight excluding hydrogens is 210 g/mol. The van der Waals surface area contributed by atoms with Gasteiger partial charge in [0, 0.05) is 19.4 Å². The van der Waals surface area contributed by atoms with Crippen molar-refractivity contribution in [3.05, 3.63) is 40.6 Å². The van der Waals surface area contributed by atoms with Gasteiger partial charge in [0.05, 0.1) is 5.69 Å². The number of hydrogen-bond acceptors (Lipinski definition) is 3. The van der Waals surface area contributed by atoms with Gasteiger partial charge in [-0.25, -0.2) is 9.59 Å². The minimum Gasteiger partial charge on any atom is -0.478 e. The minimum atomic E-state index is -1.12. The third-order valence-electron chi connectivity index (χ3n) is 2.17. The zero-order valence-electron chi connectivity index (χ0n) is 8.47. The first-order chi connectivity index (χ1) is 7.59. The van der Waals surface area contributed by atoms with E-state index in [0.29, 0.717) is 5.69 Å². The minimum absolute atomic E-state index is 0.00968. The molecule has 0 unspecified atom stereocenters. The molecule has 2 aromatic heterocycles. The molecule has 0 radical (unpaired) electrons. The highest BCUT2D eigenvalue weighted by Crippen LogP contribution is 2.17. The summed E-state index contributed by atoms with van der Waals surface area (Å²) in [5.41, 5.74) is 0.162. The van der Waals surface area contributed by atoms with Crippen LogP contribution in [0.5, 0.6) is 0 Å². The number of aryl methyl sites for hydroxylation is 1. The van der Waals surface area contributed by atoms with Crippen molar-refractivity contribution in [2.75, 3.05) is 0 Å². The van der Waals surface area contributed by atoms with Crippen LogP contribution in [0.3, 0.4) is 0 Å². The average molecular weight is 219 g/mol. The Morgan fingerprint density at radius 1 is 1.56 bits per heavy atom. The third kappa shape index (κ3) is 1.60. The van der Waals surface area contributed by atoms with Crippen LogP contribution in [0.2, 0.25) is 0 Å². The van der Waals surface area contributed by atoms with Gasteiger partial charge in [-0.3, -0.25) is 0 Å². The molecule has 0 saturated carbocycles. The molecule has 0 aliphatic carbocycles. The molecule has 2 aromatic rings. The maximum Gasteiger partial charge on any atom is 0.347 e. The number of nitrogens with one attached hydrogen (secondary N) is 1. The number of carboxylic acids is 1. The van der Waals surface area contributed by atoms with E-state index in [4.69, 9.17) is 5.11 Å². The molecule has 2 N–H and O–H groups in total. The van der Waals surface area contributed by atoms with Gasteiger partial charge in [0.2, 0.25) is 0 Å². The molecule has 0 aliphatic rings. The van der Waals surface area contributed by atoms with Crippen LogP contribution in [0.15, 0.2) is 29.3 Å². The molecule has 6 heteroatoms. The van der Waals surface area contributed by atoms with Crippen LogP contribution in [-0.4, -0.2) is 25.6 Å². The number of aromatic amines is 1. The summed E-state index contributed by atoms with van der Waals surface area (Å²) in [5.74, 6) is -1.12. The summed E-state index contributed by atoms with van der Waals surface area (Å²) in [6.45, 7) is 0. The fourth-order valence-corrected chi connectivity index (χ4v) is 1.38. The molecule has 0 spiro atoms. The smallest absolute Gasteiger partial charge is 0.347 e. The summed E-state index contributed by atoms with van der Waals surface area (Å²) < 4.78 is 1.13. The third-order valence-corrected chi connectivity index (χ3v) is 2.17. The molecule has 0 atom stereocenters. The van der Waals surface area contributed by atoms with Crippen LogP contribution in [0.4, 0.5) is 0 Å². The van der Waals surface area contributed by atoms with Crippen LogP contribution in [0, 0.1) is 0 Å². The summed E-state index contributed by atoms with van der Waals surface area (Å²) in [7, 11) is 1.46. The van der Waals surface area contributed by atoms with Crippen LogP contribution in [-0.2, 0) is 7.05 Å². The monoisotopic (exact) mass is 219 g/mol. The number of carbonyl (C=O) groups is 1. The number of carboxylic acid groups (broad SMARTS) is 1. The van der Waals surface area contributed by atoms with Crippen molar-refractivity contribution >= 4 is 5.97 Å². The molecule has 0 saturated heterocycles. The number of hydrogen-bond donors (Lipinski definition) is 2. The Bertz CT molecular complexity index is 584. The van der Waals surface area contributed by atoms with Crippen LogP contribution < -0.4 is 5.69 Å². The van der Waals surface area contributed by atoms with E-state index in [1.54, 1.807) is 18.3 Å². The predicted octanol–water partition coefficient (Wildman–Crippen LogP) is 0.474. The van der Waals surface area contributed by atoms with E-state index < -0.39 is 11.7 Å². The topological polar surface area (TPSA) is 88.0 Å². The van der Waals surface area contributed by atoms with Crippen LogP contribution >= 0.6 is 0 Å². The first kappa shape index (κ1) is 10.2. The van der Waals surface area contributed by atoms with E-state index in [9.17, 15) is 9.59 Å². The van der Waals surface area contributed by atoms with E-state index in [1.807, 2.05) is 0 Å². The number of rotatable bonds is 2. The molecule has 0 amide bonds. The number of aromatic carboxylic acids is 1. The first-order valence-corrected chi connectivity index (χ1v) is 4.54. The molecule has 0 fully saturated rings. The molecule has 0 bridgehead atoms. The largest absolute Gasteiger partial charge is 0.478 e. The highest BCUT2D eigenvalue weighted by molar-refractivity contribution is 5.93. The summed E-state index contributed by atoms with van der Waals surface area (Å²) >= 11 is 0. The molecular formula is C10H9N3O3. The van der Waals surface area contributed by atoms with E-state index in [-0.39, 0.29) is 11.3 Å². The molecule has 2 heterocycles. The quantitative estimate of drug-likeness (QED) is 0.768. The van der Waals surface area contributed by atoms with E-state index >= 15 is 0 Å². The maximum atomic E-state index is 11.4. The fraction of sp³-hybridized carbons (Fsp3) is 0.100. The van der Waals surface area contributed by atoms with Gasteiger partial charge in [-0.05, 0) is 12.1 Å². The van der Waals surface area contributed by atoms with E-state index in [0.717, 1.165) is 4.57 Å². The SMILES string of the molecule is Cn1cc(C(=O)O)c(-c2ccc[nH]2)nc1=O. The lowest BCUT2D eigenvalue weighted by Gasteiger charge is -2.04. The highest BCUT2D eigenvalue weighted by Gasteiger charge is 2.15. The second kappa shape index (κ2) is 3.65. The Kier molecular flexibility index (Phi) is 2.32. The predicted molar refractivity (Wildman–Crippen MR) is 56.2 cm³/mol. The molecule has 16 heavy (non-hydrogen) atoms. The Labute approximate surface area is 90.2 Å². The molecule has 0 aromatic carbocycles. The van der Waals surface area contributed by atoms with Gasteiger partial charge in [0.1, 0.15) is 11.3 Å². The van der Waals surface area contributed by atoms with E-state index in [1.165, 1.54) is 13.2 Å². The Morgan fingerprint density at radius 2 is 2.31 bits per heavy atom. The van der Waals surface area contributed by atoms with E-state index in [2.05, 4.69) is 9.97 Å². The maximum absolute atomic E-state index is 11.4. The summed E-state index contributed by atoms with van der Waals surface area (Å²) in [4.78, 5) is 28.9. The van der Waals surface area contributed by atoms with Gasteiger partial charge in [-0.2, -0.15) is 4.98 Å². The normalized spacial score (nSPS) is 10.3. The fourth-order valence-electron chi connectivity index (χ4n) is 1.38. The van der Waals surface area contributed by atoms with Gasteiger partial charge in [-0.1, -0.05) is 0 Å². The second-order valence-corrected chi connectivity index (χ2v) is 3.29. The first-order valence-electron chi connectivity index (χ1n) is 4.54. The highest BCUT2D eigenvalue weighted by atomic mass is 16.4. The Morgan fingerprint density at radius 3 is 2.88 bits per heavy atom. The summed E-state index contributed by atoms with van der Waals surface area (Å²) in [6.07, 6.45) is 2.90. The van der Waals surface area contributed by atoms with Crippen LogP contribution in [0.1, 0.15) is 10.4 Å². The van der Waals surface area contributed by atoms with Crippen molar-refractivity contribution in [2.45, 2.75) is 0 Å². The standard InChI is InChI=1S/C10H9N3O3/c1-13-5-6(9(14)15)8(12-10(13)16)7-3-2-4-11-7/h2-5,11H,1H3,(H,14,15). The van der Waals surface area contributed by atoms with Crippen molar-refractivity contribution in [2.24, 2.45) is 7.05 Å². The number of H-pyrrole nitrogens is 1. The summed E-state index contributed by atoms with van der Waals surface area (Å²) in [5, 5.41) is 9.01.